The van der Waals surface area contributed by atoms with E-state index in [1.54, 1.807) is 0 Å². The number of ether oxygens (including phenoxy) is 1. The van der Waals surface area contributed by atoms with Crippen LogP contribution in [0, 0.1) is 11.8 Å². The summed E-state index contributed by atoms with van der Waals surface area (Å²) >= 11 is 0. The monoisotopic (exact) mass is 340 g/mol. The zero-order valence-corrected chi connectivity index (χ0v) is 16.1. The molecule has 2 unspecified atom stereocenters. The van der Waals surface area contributed by atoms with Crippen molar-refractivity contribution in [3.63, 3.8) is 0 Å². The van der Waals surface area contributed by atoms with Crippen LogP contribution >= 0.6 is 0 Å². The Morgan fingerprint density at radius 1 is 0.958 bits per heavy atom. The van der Waals surface area contributed by atoms with E-state index in [0.717, 1.165) is 50.7 Å². The van der Waals surface area contributed by atoms with Gasteiger partial charge in [-0.15, -0.1) is 0 Å². The van der Waals surface area contributed by atoms with Crippen molar-refractivity contribution >= 4 is 0 Å². The second kappa shape index (κ2) is 8.01. The van der Waals surface area contributed by atoms with Gasteiger partial charge in [0.2, 0.25) is 0 Å². The summed E-state index contributed by atoms with van der Waals surface area (Å²) in [7, 11) is 0. The molecular weight excluding hydrogens is 303 g/mol. The van der Waals surface area contributed by atoms with Gasteiger partial charge in [0.1, 0.15) is 6.17 Å². The van der Waals surface area contributed by atoms with E-state index in [9.17, 15) is 4.39 Å². The van der Waals surface area contributed by atoms with Crippen LogP contribution in [0.2, 0.25) is 0 Å². The van der Waals surface area contributed by atoms with Crippen molar-refractivity contribution in [2.75, 3.05) is 26.2 Å². The van der Waals surface area contributed by atoms with Gasteiger partial charge in [-0.3, -0.25) is 4.90 Å². The molecule has 2 atom stereocenters. The molecule has 1 aliphatic carbocycles. The summed E-state index contributed by atoms with van der Waals surface area (Å²) in [6, 6.07) is 1.24. The molecule has 3 fully saturated rings. The Balaban J connectivity index is 1.39. The number of nitrogens with zero attached hydrogens (tertiary/aromatic N) is 2. The van der Waals surface area contributed by atoms with Gasteiger partial charge in [-0.2, -0.15) is 0 Å². The van der Waals surface area contributed by atoms with Gasteiger partial charge in [0, 0.05) is 38.3 Å². The van der Waals surface area contributed by atoms with Gasteiger partial charge in [-0.05, 0) is 57.8 Å². The SMILES string of the molecule is CC(C)C1CC(N2CCC(OC3CCN(C(C)C)CC3)C(F)C2)C1. The van der Waals surface area contributed by atoms with Crippen molar-refractivity contribution in [3.05, 3.63) is 0 Å². The summed E-state index contributed by atoms with van der Waals surface area (Å²) in [5.74, 6) is 1.63. The minimum atomic E-state index is -0.806. The molecule has 4 heteroatoms. The average molecular weight is 341 g/mol. The van der Waals surface area contributed by atoms with E-state index in [-0.39, 0.29) is 12.2 Å². The molecule has 0 radical (unpaired) electrons. The minimum absolute atomic E-state index is 0.169. The zero-order chi connectivity index (χ0) is 17.3. The molecule has 0 amide bonds. The zero-order valence-electron chi connectivity index (χ0n) is 16.1. The van der Waals surface area contributed by atoms with E-state index in [1.165, 1.54) is 12.8 Å². The van der Waals surface area contributed by atoms with Gasteiger partial charge in [-0.25, -0.2) is 4.39 Å². The van der Waals surface area contributed by atoms with Crippen LogP contribution in [0.5, 0.6) is 0 Å². The van der Waals surface area contributed by atoms with Gasteiger partial charge >= 0.3 is 0 Å². The van der Waals surface area contributed by atoms with Crippen LogP contribution in [0.3, 0.4) is 0 Å². The molecule has 2 aliphatic heterocycles. The summed E-state index contributed by atoms with van der Waals surface area (Å²) in [6.07, 6.45) is 4.82. The lowest BCUT2D eigenvalue weighted by Gasteiger charge is -2.48. The number of piperidine rings is 2. The van der Waals surface area contributed by atoms with Crippen LogP contribution in [0.1, 0.15) is 59.8 Å². The third-order valence-corrected chi connectivity index (χ3v) is 6.70. The molecule has 3 aliphatic rings. The third kappa shape index (κ3) is 4.31. The molecule has 1 saturated carbocycles. The predicted molar refractivity (Wildman–Crippen MR) is 97.0 cm³/mol. The fourth-order valence-electron chi connectivity index (χ4n) is 4.64. The Labute approximate surface area is 147 Å². The maximum atomic E-state index is 14.7. The Bertz CT molecular complexity index is 389. The highest BCUT2D eigenvalue weighted by molar-refractivity contribution is 4.93. The summed E-state index contributed by atoms with van der Waals surface area (Å²) in [6.45, 7) is 12.9. The lowest BCUT2D eigenvalue weighted by Crippen LogP contribution is -2.55. The normalized spacial score (nSPS) is 37.1. The van der Waals surface area contributed by atoms with E-state index < -0.39 is 6.17 Å². The van der Waals surface area contributed by atoms with E-state index in [1.807, 2.05) is 0 Å². The van der Waals surface area contributed by atoms with Gasteiger partial charge < -0.3 is 9.64 Å². The first-order chi connectivity index (χ1) is 11.4. The molecular formula is C20H37FN2O. The van der Waals surface area contributed by atoms with Crippen molar-refractivity contribution in [3.8, 4) is 0 Å². The molecule has 3 nitrogen and oxygen atoms in total. The van der Waals surface area contributed by atoms with Crippen LogP contribution in [0.25, 0.3) is 0 Å². The first-order valence-corrected chi connectivity index (χ1v) is 10.2. The van der Waals surface area contributed by atoms with E-state index in [4.69, 9.17) is 4.74 Å². The van der Waals surface area contributed by atoms with E-state index in [2.05, 4.69) is 37.5 Å². The maximum Gasteiger partial charge on any atom is 0.139 e. The van der Waals surface area contributed by atoms with Gasteiger partial charge in [0.15, 0.2) is 0 Å². The highest BCUT2D eigenvalue weighted by Crippen LogP contribution is 2.38. The summed E-state index contributed by atoms with van der Waals surface area (Å²) in [5, 5.41) is 0. The Kier molecular flexibility index (Phi) is 6.20. The van der Waals surface area contributed by atoms with Gasteiger partial charge in [0.25, 0.3) is 0 Å². The number of hydrogen-bond donors (Lipinski definition) is 0. The Morgan fingerprint density at radius 3 is 2.17 bits per heavy atom. The predicted octanol–water partition coefficient (Wildman–Crippen LogP) is 3.72. The minimum Gasteiger partial charge on any atom is -0.372 e. The number of likely N-dealkylation sites (tertiary alicyclic amines) is 2. The molecule has 0 aromatic rings. The van der Waals surface area contributed by atoms with Crippen molar-refractivity contribution < 1.29 is 9.13 Å². The number of halogens is 1. The molecule has 3 rings (SSSR count). The standard InChI is InChI=1S/C20H37FN2O/c1-14(2)16-11-17(12-16)23-10-7-20(19(21)13-23)24-18-5-8-22(9-6-18)15(3)4/h14-20H,5-13H2,1-4H3. The lowest BCUT2D eigenvalue weighted by atomic mass is 9.72. The molecule has 0 bridgehead atoms. The second-order valence-electron chi connectivity index (χ2n) is 8.93. The first-order valence-electron chi connectivity index (χ1n) is 10.2. The summed E-state index contributed by atoms with van der Waals surface area (Å²) in [4.78, 5) is 4.89. The summed E-state index contributed by atoms with van der Waals surface area (Å²) < 4.78 is 20.8. The van der Waals surface area contributed by atoms with Crippen molar-refractivity contribution in [1.82, 2.24) is 9.80 Å². The van der Waals surface area contributed by atoms with Crippen LogP contribution in [0.4, 0.5) is 4.39 Å². The average Bonchev–Trinajstić information content (AvgIpc) is 2.48. The highest BCUT2D eigenvalue weighted by atomic mass is 19.1. The van der Waals surface area contributed by atoms with Gasteiger partial charge in [0.05, 0.1) is 12.2 Å². The topological polar surface area (TPSA) is 15.7 Å². The maximum absolute atomic E-state index is 14.7. The summed E-state index contributed by atoms with van der Waals surface area (Å²) in [5.41, 5.74) is 0. The van der Waals surface area contributed by atoms with Crippen molar-refractivity contribution in [2.24, 2.45) is 11.8 Å². The van der Waals surface area contributed by atoms with Crippen molar-refractivity contribution in [2.45, 2.75) is 90.3 Å². The molecule has 0 spiro atoms. The molecule has 2 saturated heterocycles. The van der Waals surface area contributed by atoms with Crippen LogP contribution in [-0.4, -0.2) is 66.4 Å². The highest BCUT2D eigenvalue weighted by Gasteiger charge is 2.40. The largest absolute Gasteiger partial charge is 0.372 e. The number of rotatable bonds is 5. The van der Waals surface area contributed by atoms with Crippen LogP contribution in [-0.2, 0) is 4.74 Å². The lowest BCUT2D eigenvalue weighted by molar-refractivity contribution is -0.111. The number of alkyl halides is 1. The third-order valence-electron chi connectivity index (χ3n) is 6.70. The van der Waals surface area contributed by atoms with Crippen LogP contribution < -0.4 is 0 Å². The molecule has 140 valence electrons. The Morgan fingerprint density at radius 2 is 1.62 bits per heavy atom. The molecule has 0 N–H and O–H groups in total. The first kappa shape index (κ1) is 18.6. The second-order valence-corrected chi connectivity index (χ2v) is 8.93. The molecule has 2 heterocycles. The molecule has 0 aromatic heterocycles. The smallest absolute Gasteiger partial charge is 0.139 e. The molecule has 0 aromatic carbocycles. The van der Waals surface area contributed by atoms with E-state index >= 15 is 0 Å². The quantitative estimate of drug-likeness (QED) is 0.758. The van der Waals surface area contributed by atoms with Crippen molar-refractivity contribution in [1.29, 1.82) is 0 Å². The fraction of sp³-hybridized carbons (Fsp3) is 1.00. The number of hydrogen-bond acceptors (Lipinski definition) is 3. The fourth-order valence-corrected chi connectivity index (χ4v) is 4.64. The Hall–Kier alpha value is -0.190. The molecule has 24 heavy (non-hydrogen) atoms. The van der Waals surface area contributed by atoms with E-state index in [0.29, 0.717) is 18.6 Å². The van der Waals surface area contributed by atoms with Gasteiger partial charge in [-0.1, -0.05) is 13.8 Å². The van der Waals surface area contributed by atoms with Crippen LogP contribution in [0.15, 0.2) is 0 Å².